The molecule has 1 heterocycles. The molecule has 1 aliphatic rings. The molecule has 0 aromatic heterocycles. The van der Waals surface area contributed by atoms with Crippen LogP contribution in [-0.2, 0) is 4.79 Å². The molecule has 1 aromatic rings. The van der Waals surface area contributed by atoms with E-state index in [1.54, 1.807) is 12.1 Å². The molecule has 1 N–H and O–H groups in total. The van der Waals surface area contributed by atoms with Crippen LogP contribution in [-0.4, -0.2) is 30.4 Å². The van der Waals surface area contributed by atoms with Crippen molar-refractivity contribution in [2.75, 3.05) is 25.0 Å². The van der Waals surface area contributed by atoms with E-state index in [2.05, 4.69) is 17.1 Å². The zero-order valence-corrected chi connectivity index (χ0v) is 11.4. The Morgan fingerprint density at radius 3 is 2.84 bits per heavy atom. The van der Waals surface area contributed by atoms with Crippen LogP contribution in [0.5, 0.6) is 0 Å². The molecule has 0 bridgehead atoms. The molecule has 1 aromatic carbocycles. The Morgan fingerprint density at radius 2 is 2.16 bits per heavy atom. The quantitative estimate of drug-likeness (QED) is 0.907. The third kappa shape index (κ3) is 4.63. The first-order chi connectivity index (χ1) is 9.13. The van der Waals surface area contributed by atoms with Crippen LogP contribution in [0, 0.1) is 11.7 Å². The molecule has 0 spiro atoms. The highest BCUT2D eigenvalue weighted by atomic mass is 19.1. The van der Waals surface area contributed by atoms with Crippen molar-refractivity contribution >= 4 is 11.6 Å². The summed E-state index contributed by atoms with van der Waals surface area (Å²) >= 11 is 0. The fourth-order valence-electron chi connectivity index (χ4n) is 2.34. The van der Waals surface area contributed by atoms with E-state index in [0.29, 0.717) is 12.1 Å². The van der Waals surface area contributed by atoms with Crippen LogP contribution in [0.1, 0.15) is 26.2 Å². The lowest BCUT2D eigenvalue weighted by atomic mass is 9.99. The first-order valence-electron chi connectivity index (χ1n) is 6.91. The number of amides is 1. The molecule has 0 atom stereocenters. The number of anilines is 1. The fourth-order valence-corrected chi connectivity index (χ4v) is 2.34. The zero-order chi connectivity index (χ0) is 13.7. The Labute approximate surface area is 113 Å². The number of nitrogens with zero attached hydrogens (tertiary/aromatic N) is 1. The predicted molar refractivity (Wildman–Crippen MR) is 74.5 cm³/mol. The molecule has 104 valence electrons. The molecule has 0 saturated carbocycles. The SMILES string of the molecule is CC1CCN(CCC(=O)Nc2cccc(F)c2)CC1. The van der Waals surface area contributed by atoms with Gasteiger partial charge in [-0.2, -0.15) is 0 Å². The summed E-state index contributed by atoms with van der Waals surface area (Å²) in [6, 6.07) is 5.99. The van der Waals surface area contributed by atoms with Crippen molar-refractivity contribution in [2.45, 2.75) is 26.2 Å². The highest BCUT2D eigenvalue weighted by Gasteiger charge is 2.16. The maximum Gasteiger partial charge on any atom is 0.225 e. The van der Waals surface area contributed by atoms with Gasteiger partial charge in [-0.25, -0.2) is 4.39 Å². The Hall–Kier alpha value is -1.42. The Balaban J connectivity index is 1.73. The van der Waals surface area contributed by atoms with Crippen LogP contribution in [0.15, 0.2) is 24.3 Å². The van der Waals surface area contributed by atoms with Gasteiger partial charge in [0, 0.05) is 18.7 Å². The number of carbonyl (C=O) groups is 1. The van der Waals surface area contributed by atoms with E-state index in [9.17, 15) is 9.18 Å². The smallest absolute Gasteiger partial charge is 0.225 e. The van der Waals surface area contributed by atoms with Crippen molar-refractivity contribution in [3.63, 3.8) is 0 Å². The van der Waals surface area contributed by atoms with E-state index in [4.69, 9.17) is 0 Å². The molecule has 0 aliphatic carbocycles. The molecular weight excluding hydrogens is 243 g/mol. The minimum Gasteiger partial charge on any atom is -0.326 e. The topological polar surface area (TPSA) is 32.3 Å². The van der Waals surface area contributed by atoms with Crippen LogP contribution in [0.4, 0.5) is 10.1 Å². The Kier molecular flexibility index (Phi) is 4.91. The normalized spacial score (nSPS) is 17.4. The van der Waals surface area contributed by atoms with Crippen LogP contribution in [0.2, 0.25) is 0 Å². The maximum absolute atomic E-state index is 13.0. The maximum atomic E-state index is 13.0. The summed E-state index contributed by atoms with van der Waals surface area (Å²) < 4.78 is 13.0. The molecule has 1 aliphatic heterocycles. The van der Waals surface area contributed by atoms with Gasteiger partial charge in [0.05, 0.1) is 0 Å². The van der Waals surface area contributed by atoms with E-state index in [1.807, 2.05) is 0 Å². The number of hydrogen-bond acceptors (Lipinski definition) is 2. The van der Waals surface area contributed by atoms with Crippen molar-refractivity contribution in [3.05, 3.63) is 30.1 Å². The fraction of sp³-hybridized carbons (Fsp3) is 0.533. The lowest BCUT2D eigenvalue weighted by Gasteiger charge is -2.29. The second-order valence-corrected chi connectivity index (χ2v) is 5.33. The van der Waals surface area contributed by atoms with Crippen LogP contribution in [0.25, 0.3) is 0 Å². The van der Waals surface area contributed by atoms with Gasteiger partial charge in [0.15, 0.2) is 0 Å². The molecule has 3 nitrogen and oxygen atoms in total. The summed E-state index contributed by atoms with van der Waals surface area (Å²) in [5, 5.41) is 2.73. The van der Waals surface area contributed by atoms with Gasteiger partial charge < -0.3 is 10.2 Å². The number of nitrogens with one attached hydrogen (secondary N) is 1. The summed E-state index contributed by atoms with van der Waals surface area (Å²) in [4.78, 5) is 14.1. The van der Waals surface area contributed by atoms with Gasteiger partial charge >= 0.3 is 0 Å². The van der Waals surface area contributed by atoms with E-state index < -0.39 is 0 Å². The molecule has 1 fully saturated rings. The molecule has 1 saturated heterocycles. The standard InChI is InChI=1S/C15H21FN2O/c1-12-5-8-18(9-6-12)10-7-15(19)17-14-4-2-3-13(16)11-14/h2-4,11-12H,5-10H2,1H3,(H,17,19). The van der Waals surface area contributed by atoms with Crippen LogP contribution in [0.3, 0.4) is 0 Å². The number of halogens is 1. The second-order valence-electron chi connectivity index (χ2n) is 5.33. The van der Waals surface area contributed by atoms with E-state index >= 15 is 0 Å². The van der Waals surface area contributed by atoms with Gasteiger partial charge in [-0.15, -0.1) is 0 Å². The first kappa shape index (κ1) is 14.0. The number of hydrogen-bond donors (Lipinski definition) is 1. The van der Waals surface area contributed by atoms with Crippen molar-refractivity contribution < 1.29 is 9.18 Å². The van der Waals surface area contributed by atoms with Gasteiger partial charge in [0.25, 0.3) is 0 Å². The highest BCUT2D eigenvalue weighted by Crippen LogP contribution is 2.16. The average molecular weight is 264 g/mol. The summed E-state index contributed by atoms with van der Waals surface area (Å²) in [7, 11) is 0. The van der Waals surface area contributed by atoms with Crippen LogP contribution >= 0.6 is 0 Å². The predicted octanol–water partition coefficient (Wildman–Crippen LogP) is 2.89. The third-order valence-electron chi connectivity index (χ3n) is 3.64. The minimum atomic E-state index is -0.331. The summed E-state index contributed by atoms with van der Waals surface area (Å²) in [6.07, 6.45) is 2.89. The first-order valence-corrected chi connectivity index (χ1v) is 6.91. The zero-order valence-electron chi connectivity index (χ0n) is 11.4. The Morgan fingerprint density at radius 1 is 1.42 bits per heavy atom. The number of carbonyl (C=O) groups excluding carboxylic acids is 1. The molecule has 19 heavy (non-hydrogen) atoms. The summed E-state index contributed by atoms with van der Waals surface area (Å²) in [5.74, 6) is 0.421. The molecule has 4 heteroatoms. The number of likely N-dealkylation sites (tertiary alicyclic amines) is 1. The molecular formula is C15H21FN2O. The largest absolute Gasteiger partial charge is 0.326 e. The Bertz CT molecular complexity index is 428. The van der Waals surface area contributed by atoms with E-state index in [1.165, 1.54) is 25.0 Å². The van der Waals surface area contributed by atoms with Crippen molar-refractivity contribution in [1.29, 1.82) is 0 Å². The van der Waals surface area contributed by atoms with E-state index in [-0.39, 0.29) is 11.7 Å². The van der Waals surface area contributed by atoms with Gasteiger partial charge in [-0.3, -0.25) is 4.79 Å². The van der Waals surface area contributed by atoms with Gasteiger partial charge in [-0.1, -0.05) is 13.0 Å². The van der Waals surface area contributed by atoms with Crippen molar-refractivity contribution in [1.82, 2.24) is 4.90 Å². The van der Waals surface area contributed by atoms with Gasteiger partial charge in [0.2, 0.25) is 5.91 Å². The molecule has 0 radical (unpaired) electrons. The minimum absolute atomic E-state index is 0.0516. The highest BCUT2D eigenvalue weighted by molar-refractivity contribution is 5.90. The molecule has 0 unspecified atom stereocenters. The third-order valence-corrected chi connectivity index (χ3v) is 3.64. The van der Waals surface area contributed by atoms with E-state index in [0.717, 1.165) is 25.6 Å². The number of rotatable bonds is 4. The number of benzene rings is 1. The lowest BCUT2D eigenvalue weighted by Crippen LogP contribution is -2.35. The summed E-state index contributed by atoms with van der Waals surface area (Å²) in [5.41, 5.74) is 0.525. The number of piperidine rings is 1. The monoisotopic (exact) mass is 264 g/mol. The van der Waals surface area contributed by atoms with Crippen LogP contribution < -0.4 is 5.32 Å². The lowest BCUT2D eigenvalue weighted by molar-refractivity contribution is -0.116. The molecule has 2 rings (SSSR count). The summed E-state index contributed by atoms with van der Waals surface area (Å²) in [6.45, 7) is 5.21. The van der Waals surface area contributed by atoms with Gasteiger partial charge in [0.1, 0.15) is 5.82 Å². The van der Waals surface area contributed by atoms with Crippen molar-refractivity contribution in [3.8, 4) is 0 Å². The second kappa shape index (κ2) is 6.66. The van der Waals surface area contributed by atoms with Crippen molar-refractivity contribution in [2.24, 2.45) is 5.92 Å². The average Bonchev–Trinajstić information content (AvgIpc) is 2.38. The van der Waals surface area contributed by atoms with Gasteiger partial charge in [-0.05, 0) is 50.0 Å². The molecule has 1 amide bonds.